The van der Waals surface area contributed by atoms with Crippen molar-refractivity contribution in [3.8, 4) is 33.7 Å². The molecule has 0 aliphatic carbocycles. The highest BCUT2D eigenvalue weighted by molar-refractivity contribution is 6.18. The molecule has 0 unspecified atom stereocenters. The van der Waals surface area contributed by atoms with Gasteiger partial charge in [0.1, 0.15) is 27.8 Å². The first-order chi connectivity index (χ1) is 26.8. The van der Waals surface area contributed by atoms with Crippen LogP contribution >= 0.6 is 0 Å². The zero-order chi connectivity index (χ0) is 35.6. The summed E-state index contributed by atoms with van der Waals surface area (Å²) in [6.07, 6.45) is 0. The van der Waals surface area contributed by atoms with Crippen LogP contribution in [0.15, 0.2) is 195 Å². The molecule has 0 bridgehead atoms. The van der Waals surface area contributed by atoms with E-state index in [9.17, 15) is 0 Å². The molecule has 0 saturated heterocycles. The van der Waals surface area contributed by atoms with Crippen molar-refractivity contribution in [2.45, 2.75) is 0 Å². The minimum absolute atomic E-state index is 0.587. The van der Waals surface area contributed by atoms with Crippen LogP contribution in [0.4, 0.5) is 17.1 Å². The molecule has 11 aromatic rings. The lowest BCUT2D eigenvalue weighted by atomic mass is 9.93. The van der Waals surface area contributed by atoms with Gasteiger partial charge in [0.15, 0.2) is 5.58 Å². The average molecular weight is 695 g/mol. The van der Waals surface area contributed by atoms with Gasteiger partial charge in [0, 0.05) is 33.8 Å². The molecular formula is C49H30N2O3. The predicted octanol–water partition coefficient (Wildman–Crippen LogP) is 14.1. The summed E-state index contributed by atoms with van der Waals surface area (Å²) in [5, 5.41) is 3.98. The first kappa shape index (κ1) is 30.3. The molecular weight excluding hydrogens is 665 g/mol. The van der Waals surface area contributed by atoms with Crippen molar-refractivity contribution in [1.29, 1.82) is 0 Å². The van der Waals surface area contributed by atoms with Crippen LogP contribution in [0.25, 0.3) is 88.7 Å². The standard InChI is InChI=1S/C49H30N2O3/c1-4-13-31(14-5-1)36-25-23-34(29-39(36)32-15-6-2-7-16-32)51(41-20-12-22-43-46(41)37-19-10-11-21-42(37)52-43)35-24-26-38-45(30-35)53-44-28-27-40-48(47(38)44)54-49(50-40)33-17-8-3-9-18-33/h1-30H. The Labute approximate surface area is 309 Å². The lowest BCUT2D eigenvalue weighted by Gasteiger charge is -2.27. The largest absolute Gasteiger partial charge is 0.456 e. The molecule has 0 saturated carbocycles. The van der Waals surface area contributed by atoms with E-state index >= 15 is 0 Å². The summed E-state index contributed by atoms with van der Waals surface area (Å²) in [5.74, 6) is 0.587. The van der Waals surface area contributed by atoms with Crippen molar-refractivity contribution in [1.82, 2.24) is 4.98 Å². The summed E-state index contributed by atoms with van der Waals surface area (Å²) < 4.78 is 19.5. The van der Waals surface area contributed by atoms with Crippen LogP contribution in [-0.4, -0.2) is 4.98 Å². The molecule has 0 aliphatic heterocycles. The fourth-order valence-corrected chi connectivity index (χ4v) is 7.84. The molecule has 0 atom stereocenters. The van der Waals surface area contributed by atoms with E-state index in [4.69, 9.17) is 18.2 Å². The van der Waals surface area contributed by atoms with Gasteiger partial charge in [-0.3, -0.25) is 0 Å². The Morgan fingerprint density at radius 3 is 1.80 bits per heavy atom. The highest BCUT2D eigenvalue weighted by Gasteiger charge is 2.23. The number of oxazole rings is 1. The van der Waals surface area contributed by atoms with Crippen LogP contribution in [-0.2, 0) is 0 Å². The Bertz CT molecular complexity index is 3160. The third kappa shape index (κ3) is 4.83. The maximum Gasteiger partial charge on any atom is 0.227 e. The summed E-state index contributed by atoms with van der Waals surface area (Å²) in [5.41, 5.74) is 13.2. The fourth-order valence-electron chi connectivity index (χ4n) is 7.84. The molecule has 0 N–H and O–H groups in total. The van der Waals surface area contributed by atoms with Crippen LogP contribution in [0.1, 0.15) is 0 Å². The normalized spacial score (nSPS) is 11.7. The maximum atomic E-state index is 6.62. The van der Waals surface area contributed by atoms with Gasteiger partial charge in [0.2, 0.25) is 5.89 Å². The van der Waals surface area contributed by atoms with E-state index in [-0.39, 0.29) is 0 Å². The van der Waals surface area contributed by atoms with Gasteiger partial charge in [-0.25, -0.2) is 4.98 Å². The van der Waals surface area contributed by atoms with Gasteiger partial charge in [-0.2, -0.15) is 0 Å². The Morgan fingerprint density at radius 2 is 1.00 bits per heavy atom. The number of para-hydroxylation sites is 1. The molecule has 0 amide bonds. The molecule has 3 aromatic heterocycles. The van der Waals surface area contributed by atoms with Gasteiger partial charge in [0.25, 0.3) is 0 Å². The zero-order valence-corrected chi connectivity index (χ0v) is 28.9. The van der Waals surface area contributed by atoms with Crippen molar-refractivity contribution in [3.05, 3.63) is 182 Å². The van der Waals surface area contributed by atoms with Gasteiger partial charge in [-0.15, -0.1) is 0 Å². The second-order valence-electron chi connectivity index (χ2n) is 13.5. The quantitative estimate of drug-likeness (QED) is 0.173. The molecule has 11 rings (SSSR count). The van der Waals surface area contributed by atoms with Crippen molar-refractivity contribution in [2.75, 3.05) is 4.90 Å². The van der Waals surface area contributed by atoms with E-state index in [1.807, 2.05) is 60.7 Å². The molecule has 0 fully saturated rings. The second-order valence-corrected chi connectivity index (χ2v) is 13.5. The lowest BCUT2D eigenvalue weighted by molar-refractivity contribution is 0.622. The first-order valence-electron chi connectivity index (χ1n) is 18.0. The molecule has 0 radical (unpaired) electrons. The molecule has 0 spiro atoms. The highest BCUT2D eigenvalue weighted by Crippen LogP contribution is 2.47. The topological polar surface area (TPSA) is 55.6 Å². The van der Waals surface area contributed by atoms with Crippen molar-refractivity contribution < 1.29 is 13.3 Å². The van der Waals surface area contributed by atoms with E-state index < -0.39 is 0 Å². The Hall–Kier alpha value is -7.37. The number of nitrogens with zero attached hydrogens (tertiary/aromatic N) is 2. The number of aromatic nitrogens is 1. The van der Waals surface area contributed by atoms with Crippen LogP contribution < -0.4 is 4.90 Å². The summed E-state index contributed by atoms with van der Waals surface area (Å²) in [7, 11) is 0. The van der Waals surface area contributed by atoms with Crippen LogP contribution in [0.5, 0.6) is 0 Å². The summed E-state index contributed by atoms with van der Waals surface area (Å²) in [6, 6.07) is 62.8. The van der Waals surface area contributed by atoms with Crippen LogP contribution in [0.2, 0.25) is 0 Å². The van der Waals surface area contributed by atoms with E-state index in [0.717, 1.165) is 94.3 Å². The number of furan rings is 2. The second kappa shape index (κ2) is 12.1. The van der Waals surface area contributed by atoms with Gasteiger partial charge in [0.05, 0.1) is 16.5 Å². The molecule has 8 aromatic carbocycles. The number of anilines is 3. The zero-order valence-electron chi connectivity index (χ0n) is 28.9. The number of hydrogen-bond acceptors (Lipinski definition) is 5. The molecule has 254 valence electrons. The first-order valence-corrected chi connectivity index (χ1v) is 18.0. The number of benzene rings is 8. The number of rotatable bonds is 6. The Morgan fingerprint density at radius 1 is 0.389 bits per heavy atom. The summed E-state index contributed by atoms with van der Waals surface area (Å²) in [4.78, 5) is 7.15. The molecule has 3 heterocycles. The van der Waals surface area contributed by atoms with Gasteiger partial charge in [-0.05, 0) is 89.0 Å². The maximum absolute atomic E-state index is 6.62. The molecule has 54 heavy (non-hydrogen) atoms. The van der Waals surface area contributed by atoms with E-state index in [1.54, 1.807) is 0 Å². The summed E-state index contributed by atoms with van der Waals surface area (Å²) >= 11 is 0. The number of fused-ring (bicyclic) bond motifs is 8. The van der Waals surface area contributed by atoms with E-state index in [2.05, 4.69) is 126 Å². The Balaban J connectivity index is 1.15. The van der Waals surface area contributed by atoms with E-state index in [0.29, 0.717) is 11.5 Å². The molecule has 0 aliphatic rings. The van der Waals surface area contributed by atoms with Crippen LogP contribution in [0.3, 0.4) is 0 Å². The number of hydrogen-bond donors (Lipinski definition) is 0. The van der Waals surface area contributed by atoms with Gasteiger partial charge >= 0.3 is 0 Å². The van der Waals surface area contributed by atoms with Crippen LogP contribution in [0, 0.1) is 0 Å². The van der Waals surface area contributed by atoms with Crippen molar-refractivity contribution >= 4 is 72.0 Å². The molecule has 5 heteroatoms. The van der Waals surface area contributed by atoms with Crippen molar-refractivity contribution in [3.63, 3.8) is 0 Å². The lowest BCUT2D eigenvalue weighted by Crippen LogP contribution is -2.10. The SMILES string of the molecule is c1ccc(-c2nc3ccc4oc5cc(N(c6ccc(-c7ccccc7)c(-c7ccccc7)c6)c6cccc7oc8ccccc8c67)ccc5c4c3o2)cc1. The highest BCUT2D eigenvalue weighted by atomic mass is 16.4. The van der Waals surface area contributed by atoms with E-state index in [1.165, 1.54) is 0 Å². The fraction of sp³-hybridized carbons (Fsp3) is 0. The minimum Gasteiger partial charge on any atom is -0.456 e. The monoisotopic (exact) mass is 694 g/mol. The molecule has 5 nitrogen and oxygen atoms in total. The summed E-state index contributed by atoms with van der Waals surface area (Å²) in [6.45, 7) is 0. The Kier molecular flexibility index (Phi) is 6.79. The van der Waals surface area contributed by atoms with Crippen molar-refractivity contribution in [2.24, 2.45) is 0 Å². The van der Waals surface area contributed by atoms with Gasteiger partial charge in [-0.1, -0.05) is 109 Å². The smallest absolute Gasteiger partial charge is 0.227 e. The third-order valence-electron chi connectivity index (χ3n) is 10.3. The van der Waals surface area contributed by atoms with Gasteiger partial charge < -0.3 is 18.2 Å². The predicted molar refractivity (Wildman–Crippen MR) is 220 cm³/mol. The average Bonchev–Trinajstić information content (AvgIpc) is 3.95. The minimum atomic E-state index is 0.587. The third-order valence-corrected chi connectivity index (χ3v) is 10.3.